The Morgan fingerprint density at radius 1 is 1.24 bits per heavy atom. The molecule has 1 rings (SSSR count). The Hall–Kier alpha value is -2.11. The molecule has 0 saturated heterocycles. The first-order chi connectivity index (χ1) is 7.73. The van der Waals surface area contributed by atoms with Gasteiger partial charge in [0.25, 0.3) is 0 Å². The van der Waals surface area contributed by atoms with E-state index in [4.69, 9.17) is 5.11 Å². The van der Waals surface area contributed by atoms with Crippen molar-refractivity contribution in [2.45, 2.75) is 6.18 Å². The lowest BCUT2D eigenvalue weighted by atomic mass is 10.0. The van der Waals surface area contributed by atoms with E-state index >= 15 is 0 Å². The molecule has 6 heteroatoms. The summed E-state index contributed by atoms with van der Waals surface area (Å²) < 4.78 is 37.0. The van der Waals surface area contributed by atoms with Crippen molar-refractivity contribution in [2.75, 3.05) is 0 Å². The molecule has 90 valence electrons. The van der Waals surface area contributed by atoms with Crippen molar-refractivity contribution in [3.63, 3.8) is 0 Å². The molecule has 0 atom stereocenters. The molecule has 0 aliphatic carbocycles. The summed E-state index contributed by atoms with van der Waals surface area (Å²) in [4.78, 5) is 21.9. The third-order valence-corrected chi connectivity index (χ3v) is 1.98. The molecule has 0 unspecified atom stereocenters. The van der Waals surface area contributed by atoms with Crippen LogP contribution in [0.4, 0.5) is 13.2 Å². The Labute approximate surface area is 94.2 Å². The maximum atomic E-state index is 12.3. The van der Waals surface area contributed by atoms with E-state index in [0.29, 0.717) is 6.07 Å². The maximum absolute atomic E-state index is 12.3. The molecule has 1 aromatic rings. The molecule has 1 aromatic carbocycles. The van der Waals surface area contributed by atoms with Gasteiger partial charge in [-0.2, -0.15) is 13.2 Å². The first kappa shape index (κ1) is 13.0. The summed E-state index contributed by atoms with van der Waals surface area (Å²) in [6.07, 6.45) is -4.58. The van der Waals surface area contributed by atoms with Crippen LogP contribution in [-0.2, 0) is 11.0 Å². The van der Waals surface area contributed by atoms with Crippen molar-refractivity contribution in [3.05, 3.63) is 47.5 Å². The van der Waals surface area contributed by atoms with Gasteiger partial charge in [-0.1, -0.05) is 18.7 Å². The Kier molecular flexibility index (Phi) is 3.36. The number of carboxylic acids is 1. The number of Topliss-reactive ketones (excluding diaryl/α,β-unsaturated/α-hetero) is 1. The largest absolute Gasteiger partial charge is 0.478 e. The van der Waals surface area contributed by atoms with Crippen LogP contribution in [0.2, 0.25) is 0 Å². The third kappa shape index (κ3) is 2.93. The molecular weight excluding hydrogens is 237 g/mol. The minimum atomic E-state index is -4.58. The van der Waals surface area contributed by atoms with Crippen LogP contribution >= 0.6 is 0 Å². The van der Waals surface area contributed by atoms with E-state index in [-0.39, 0.29) is 5.56 Å². The number of carbonyl (C=O) groups is 2. The molecule has 0 bridgehead atoms. The summed E-state index contributed by atoms with van der Waals surface area (Å²) in [5.41, 5.74) is -2.14. The van der Waals surface area contributed by atoms with Crippen LogP contribution in [0.25, 0.3) is 0 Å². The van der Waals surface area contributed by atoms with E-state index in [2.05, 4.69) is 6.58 Å². The first-order valence-corrected chi connectivity index (χ1v) is 4.37. The molecule has 0 amide bonds. The number of hydrogen-bond acceptors (Lipinski definition) is 2. The summed E-state index contributed by atoms with van der Waals surface area (Å²) in [5, 5.41) is 8.50. The van der Waals surface area contributed by atoms with E-state index in [1.54, 1.807) is 0 Å². The fraction of sp³-hybridized carbons (Fsp3) is 0.0909. The fourth-order valence-electron chi connectivity index (χ4n) is 1.11. The van der Waals surface area contributed by atoms with Crippen molar-refractivity contribution < 1.29 is 27.9 Å². The van der Waals surface area contributed by atoms with Gasteiger partial charge >= 0.3 is 12.1 Å². The highest BCUT2D eigenvalue weighted by atomic mass is 19.4. The van der Waals surface area contributed by atoms with E-state index in [9.17, 15) is 22.8 Å². The standard InChI is InChI=1S/C11H7F3O3/c1-6(10(16)17)9(15)7-3-2-4-8(5-7)11(12,13)14/h2-5H,1H2,(H,16,17). The van der Waals surface area contributed by atoms with Crippen LogP contribution in [0.1, 0.15) is 15.9 Å². The van der Waals surface area contributed by atoms with Gasteiger partial charge in [0.2, 0.25) is 0 Å². The molecule has 0 saturated carbocycles. The number of benzene rings is 1. The molecule has 1 N–H and O–H groups in total. The molecule has 0 spiro atoms. The minimum absolute atomic E-state index is 0.354. The van der Waals surface area contributed by atoms with Gasteiger partial charge in [0.15, 0.2) is 5.78 Å². The van der Waals surface area contributed by atoms with Gasteiger partial charge < -0.3 is 5.11 Å². The van der Waals surface area contributed by atoms with Crippen LogP contribution in [0.3, 0.4) is 0 Å². The molecule has 0 aliphatic rings. The van der Waals surface area contributed by atoms with Crippen molar-refractivity contribution in [1.82, 2.24) is 0 Å². The van der Waals surface area contributed by atoms with Crippen LogP contribution in [0, 0.1) is 0 Å². The van der Waals surface area contributed by atoms with Gasteiger partial charge in [0.05, 0.1) is 5.56 Å². The van der Waals surface area contributed by atoms with Crippen molar-refractivity contribution >= 4 is 11.8 Å². The van der Waals surface area contributed by atoms with E-state index in [0.717, 1.165) is 18.2 Å². The predicted molar refractivity (Wildman–Crippen MR) is 52.6 cm³/mol. The summed E-state index contributed by atoms with van der Waals surface area (Å²) in [6, 6.07) is 3.52. The zero-order chi connectivity index (χ0) is 13.2. The van der Waals surface area contributed by atoms with Crippen molar-refractivity contribution in [3.8, 4) is 0 Å². The van der Waals surface area contributed by atoms with Crippen molar-refractivity contribution in [1.29, 1.82) is 0 Å². The topological polar surface area (TPSA) is 54.4 Å². The highest BCUT2D eigenvalue weighted by Gasteiger charge is 2.31. The lowest BCUT2D eigenvalue weighted by Crippen LogP contribution is -2.13. The monoisotopic (exact) mass is 244 g/mol. The summed E-state index contributed by atoms with van der Waals surface area (Å²) in [7, 11) is 0. The molecule has 0 aromatic heterocycles. The second-order valence-corrected chi connectivity index (χ2v) is 3.19. The molecule has 3 nitrogen and oxygen atoms in total. The maximum Gasteiger partial charge on any atom is 0.416 e. The summed E-state index contributed by atoms with van der Waals surface area (Å²) in [5.74, 6) is -2.60. The summed E-state index contributed by atoms with van der Waals surface area (Å²) >= 11 is 0. The Morgan fingerprint density at radius 2 is 1.82 bits per heavy atom. The minimum Gasteiger partial charge on any atom is -0.478 e. The number of halogens is 3. The molecule has 0 heterocycles. The number of alkyl halides is 3. The smallest absolute Gasteiger partial charge is 0.416 e. The quantitative estimate of drug-likeness (QED) is 0.384. The van der Waals surface area contributed by atoms with Gasteiger partial charge in [-0.05, 0) is 12.1 Å². The van der Waals surface area contributed by atoms with Gasteiger partial charge in [0.1, 0.15) is 5.57 Å². The van der Waals surface area contributed by atoms with Gasteiger partial charge in [0, 0.05) is 5.56 Å². The normalized spacial score (nSPS) is 11.0. The Bertz CT molecular complexity index is 489. The molecule has 0 aliphatic heterocycles. The fourth-order valence-corrected chi connectivity index (χ4v) is 1.11. The average Bonchev–Trinajstić information content (AvgIpc) is 2.26. The number of rotatable bonds is 3. The van der Waals surface area contributed by atoms with E-state index in [1.807, 2.05) is 0 Å². The SMILES string of the molecule is C=C(C(=O)O)C(=O)c1cccc(C(F)(F)F)c1. The lowest BCUT2D eigenvalue weighted by Gasteiger charge is -2.07. The van der Waals surface area contributed by atoms with Crippen molar-refractivity contribution in [2.24, 2.45) is 0 Å². The van der Waals surface area contributed by atoms with E-state index < -0.39 is 29.1 Å². The average molecular weight is 244 g/mol. The number of carbonyl (C=O) groups excluding carboxylic acids is 1. The van der Waals surface area contributed by atoms with E-state index in [1.165, 1.54) is 0 Å². The summed E-state index contributed by atoms with van der Waals surface area (Å²) in [6.45, 7) is 2.99. The number of hydrogen-bond donors (Lipinski definition) is 1. The molecule has 0 fully saturated rings. The zero-order valence-electron chi connectivity index (χ0n) is 8.41. The molecule has 17 heavy (non-hydrogen) atoms. The second-order valence-electron chi connectivity index (χ2n) is 3.19. The predicted octanol–water partition coefficient (Wildman–Crippen LogP) is 2.53. The lowest BCUT2D eigenvalue weighted by molar-refractivity contribution is -0.137. The number of aliphatic carboxylic acids is 1. The highest BCUT2D eigenvalue weighted by Crippen LogP contribution is 2.29. The van der Waals surface area contributed by atoms with Crippen LogP contribution in [0.5, 0.6) is 0 Å². The first-order valence-electron chi connectivity index (χ1n) is 4.37. The number of ketones is 1. The second kappa shape index (κ2) is 4.40. The Morgan fingerprint density at radius 3 is 2.29 bits per heavy atom. The third-order valence-electron chi connectivity index (χ3n) is 1.98. The highest BCUT2D eigenvalue weighted by molar-refractivity contribution is 6.23. The van der Waals surface area contributed by atoms with Gasteiger partial charge in [-0.3, -0.25) is 4.79 Å². The number of carboxylic acid groups (broad SMARTS) is 1. The van der Waals surface area contributed by atoms with Crippen LogP contribution in [-0.4, -0.2) is 16.9 Å². The Balaban J connectivity index is 3.13. The van der Waals surface area contributed by atoms with Gasteiger partial charge in [-0.15, -0.1) is 0 Å². The van der Waals surface area contributed by atoms with Crippen LogP contribution in [0.15, 0.2) is 36.4 Å². The zero-order valence-corrected chi connectivity index (χ0v) is 8.41. The van der Waals surface area contributed by atoms with Gasteiger partial charge in [-0.25, -0.2) is 4.79 Å². The molecular formula is C11H7F3O3. The molecule has 0 radical (unpaired) electrons. The van der Waals surface area contributed by atoms with Crippen LogP contribution < -0.4 is 0 Å².